The van der Waals surface area contributed by atoms with Crippen molar-refractivity contribution in [2.24, 2.45) is 5.41 Å². The Labute approximate surface area is 203 Å². The van der Waals surface area contributed by atoms with Gasteiger partial charge in [0, 0.05) is 18.9 Å². The maximum Gasteiger partial charge on any atom is 0.407 e. The van der Waals surface area contributed by atoms with Crippen LogP contribution in [0.2, 0.25) is 0 Å². The number of aromatic nitrogens is 1. The number of pyridine rings is 1. The van der Waals surface area contributed by atoms with Gasteiger partial charge in [0.15, 0.2) is 0 Å². The van der Waals surface area contributed by atoms with Gasteiger partial charge in [0.25, 0.3) is 0 Å². The lowest BCUT2D eigenvalue weighted by atomic mass is 9.89. The molecule has 3 N–H and O–H groups in total. The summed E-state index contributed by atoms with van der Waals surface area (Å²) in [5.41, 5.74) is 4.38. The summed E-state index contributed by atoms with van der Waals surface area (Å²) in [5.74, 6) is -1.43. The summed E-state index contributed by atoms with van der Waals surface area (Å²) in [6.45, 7) is 4.19. The Morgan fingerprint density at radius 3 is 2.17 bits per heavy atom. The molecule has 4 rings (SSSR count). The molecule has 0 bridgehead atoms. The molecular weight excluding hydrogens is 446 g/mol. The van der Waals surface area contributed by atoms with Gasteiger partial charge in [-0.15, -0.1) is 0 Å². The van der Waals surface area contributed by atoms with Gasteiger partial charge in [-0.25, -0.2) is 14.6 Å². The molecule has 2 amide bonds. The molecule has 0 saturated heterocycles. The van der Waals surface area contributed by atoms with Crippen LogP contribution in [0.4, 0.5) is 10.5 Å². The minimum atomic E-state index is -1.14. The third-order valence-electron chi connectivity index (χ3n) is 5.96. The number of carboxylic acids is 1. The Bertz CT molecular complexity index is 1210. The molecular formula is C27H27N3O5. The molecule has 0 aliphatic heterocycles. The van der Waals surface area contributed by atoms with Crippen molar-refractivity contribution >= 4 is 23.7 Å². The SMILES string of the molecule is CC(C)(CNC(=O)OCC1c2ccccc2-c2ccccc21)CC(=O)Nc1ccc(C(=O)O)nc1. The first-order valence-corrected chi connectivity index (χ1v) is 11.3. The van der Waals surface area contributed by atoms with Crippen molar-refractivity contribution in [3.8, 4) is 11.1 Å². The highest BCUT2D eigenvalue weighted by atomic mass is 16.5. The molecule has 180 valence electrons. The molecule has 0 saturated carbocycles. The number of benzene rings is 2. The first-order valence-electron chi connectivity index (χ1n) is 11.3. The minimum absolute atomic E-state index is 0.0203. The van der Waals surface area contributed by atoms with Crippen molar-refractivity contribution in [1.82, 2.24) is 10.3 Å². The van der Waals surface area contributed by atoms with Crippen LogP contribution in [0, 0.1) is 5.41 Å². The van der Waals surface area contributed by atoms with Crippen molar-refractivity contribution in [3.05, 3.63) is 83.7 Å². The molecule has 3 aromatic rings. The van der Waals surface area contributed by atoms with Gasteiger partial charge < -0.3 is 20.5 Å². The third-order valence-corrected chi connectivity index (χ3v) is 5.96. The van der Waals surface area contributed by atoms with Gasteiger partial charge in [0.1, 0.15) is 12.3 Å². The number of carbonyl (C=O) groups excluding carboxylic acids is 2. The van der Waals surface area contributed by atoms with E-state index in [9.17, 15) is 14.4 Å². The van der Waals surface area contributed by atoms with Crippen LogP contribution in [-0.2, 0) is 9.53 Å². The molecule has 0 unspecified atom stereocenters. The Morgan fingerprint density at radius 1 is 0.971 bits per heavy atom. The van der Waals surface area contributed by atoms with Crippen LogP contribution in [0.3, 0.4) is 0 Å². The lowest BCUT2D eigenvalue weighted by Gasteiger charge is -2.24. The van der Waals surface area contributed by atoms with E-state index in [1.807, 2.05) is 38.1 Å². The summed E-state index contributed by atoms with van der Waals surface area (Å²) in [6, 6.07) is 19.1. The zero-order valence-electron chi connectivity index (χ0n) is 19.6. The molecule has 2 aromatic carbocycles. The number of nitrogens with one attached hydrogen (secondary N) is 2. The normalized spacial score (nSPS) is 12.4. The number of hydrogen-bond donors (Lipinski definition) is 3. The van der Waals surface area contributed by atoms with E-state index >= 15 is 0 Å². The predicted octanol–water partition coefficient (Wildman–Crippen LogP) is 4.67. The molecule has 1 aliphatic carbocycles. The maximum atomic E-state index is 12.4. The molecule has 0 fully saturated rings. The molecule has 0 radical (unpaired) electrons. The molecule has 35 heavy (non-hydrogen) atoms. The Balaban J connectivity index is 1.27. The molecule has 1 aromatic heterocycles. The number of rotatable bonds is 8. The number of anilines is 1. The summed E-state index contributed by atoms with van der Waals surface area (Å²) in [4.78, 5) is 39.5. The van der Waals surface area contributed by atoms with Crippen LogP contribution >= 0.6 is 0 Å². The van der Waals surface area contributed by atoms with Gasteiger partial charge in [-0.2, -0.15) is 0 Å². The highest BCUT2D eigenvalue weighted by Gasteiger charge is 2.29. The van der Waals surface area contributed by atoms with E-state index in [0.717, 1.165) is 22.3 Å². The van der Waals surface area contributed by atoms with E-state index < -0.39 is 17.5 Å². The topological polar surface area (TPSA) is 118 Å². The molecule has 8 nitrogen and oxygen atoms in total. The van der Waals surface area contributed by atoms with Gasteiger partial charge in [-0.1, -0.05) is 62.4 Å². The second kappa shape index (κ2) is 9.97. The number of amides is 2. The summed E-state index contributed by atoms with van der Waals surface area (Å²) >= 11 is 0. The number of carbonyl (C=O) groups is 3. The lowest BCUT2D eigenvalue weighted by molar-refractivity contribution is -0.118. The molecule has 0 atom stereocenters. The van der Waals surface area contributed by atoms with Crippen molar-refractivity contribution < 1.29 is 24.2 Å². The van der Waals surface area contributed by atoms with Gasteiger partial charge in [0.2, 0.25) is 5.91 Å². The van der Waals surface area contributed by atoms with Crippen molar-refractivity contribution in [3.63, 3.8) is 0 Å². The van der Waals surface area contributed by atoms with E-state index in [4.69, 9.17) is 9.84 Å². The van der Waals surface area contributed by atoms with Crippen molar-refractivity contribution in [2.45, 2.75) is 26.2 Å². The summed E-state index contributed by atoms with van der Waals surface area (Å²) in [5, 5.41) is 14.4. The number of hydrogen-bond acceptors (Lipinski definition) is 5. The van der Waals surface area contributed by atoms with E-state index in [-0.39, 0.29) is 37.1 Å². The van der Waals surface area contributed by atoms with E-state index in [0.29, 0.717) is 5.69 Å². The highest BCUT2D eigenvalue weighted by Crippen LogP contribution is 2.44. The first-order chi connectivity index (χ1) is 16.7. The fourth-order valence-corrected chi connectivity index (χ4v) is 4.26. The third kappa shape index (κ3) is 5.66. The highest BCUT2D eigenvalue weighted by molar-refractivity contribution is 5.91. The van der Waals surface area contributed by atoms with Crippen LogP contribution in [0.15, 0.2) is 66.9 Å². The lowest BCUT2D eigenvalue weighted by Crippen LogP contribution is -2.37. The average molecular weight is 474 g/mol. The average Bonchev–Trinajstić information content (AvgIpc) is 3.15. The molecule has 1 aliphatic rings. The Hall–Kier alpha value is -4.20. The predicted molar refractivity (Wildman–Crippen MR) is 131 cm³/mol. The quantitative estimate of drug-likeness (QED) is 0.438. The van der Waals surface area contributed by atoms with Crippen LogP contribution < -0.4 is 10.6 Å². The molecule has 1 heterocycles. The second-order valence-corrected chi connectivity index (χ2v) is 9.31. The van der Waals surface area contributed by atoms with Crippen molar-refractivity contribution in [2.75, 3.05) is 18.5 Å². The summed E-state index contributed by atoms with van der Waals surface area (Å²) in [6.07, 6.45) is 0.898. The number of ether oxygens (including phenoxy) is 1. The first kappa shape index (κ1) is 23.9. The minimum Gasteiger partial charge on any atom is -0.477 e. The van der Waals surface area contributed by atoms with E-state index in [1.165, 1.54) is 18.3 Å². The van der Waals surface area contributed by atoms with Crippen LogP contribution in [0.25, 0.3) is 11.1 Å². The summed E-state index contributed by atoms with van der Waals surface area (Å²) < 4.78 is 5.56. The van der Waals surface area contributed by atoms with E-state index in [1.54, 1.807) is 0 Å². The number of carboxylic acid groups (broad SMARTS) is 1. The zero-order valence-corrected chi connectivity index (χ0v) is 19.6. The fourth-order valence-electron chi connectivity index (χ4n) is 4.26. The van der Waals surface area contributed by atoms with Gasteiger partial charge >= 0.3 is 12.1 Å². The second-order valence-electron chi connectivity index (χ2n) is 9.31. The van der Waals surface area contributed by atoms with Crippen molar-refractivity contribution in [1.29, 1.82) is 0 Å². The van der Waals surface area contributed by atoms with E-state index in [2.05, 4.69) is 39.9 Å². The molecule has 0 spiro atoms. The van der Waals surface area contributed by atoms with Crippen LogP contribution in [-0.4, -0.2) is 41.2 Å². The Morgan fingerprint density at radius 2 is 1.60 bits per heavy atom. The number of nitrogens with zero attached hydrogens (tertiary/aromatic N) is 1. The number of alkyl carbamates (subject to hydrolysis) is 1. The molecule has 8 heteroatoms. The largest absolute Gasteiger partial charge is 0.477 e. The fraction of sp³-hybridized carbons (Fsp3) is 0.259. The Kier molecular flexibility index (Phi) is 6.82. The van der Waals surface area contributed by atoms with Gasteiger partial charge in [0.05, 0.1) is 11.9 Å². The summed E-state index contributed by atoms with van der Waals surface area (Å²) in [7, 11) is 0. The number of fused-ring (bicyclic) bond motifs is 3. The van der Waals surface area contributed by atoms with Gasteiger partial charge in [-0.3, -0.25) is 4.79 Å². The van der Waals surface area contributed by atoms with Crippen LogP contribution in [0.5, 0.6) is 0 Å². The zero-order chi connectivity index (χ0) is 25.0. The van der Waals surface area contributed by atoms with Gasteiger partial charge in [-0.05, 0) is 39.8 Å². The maximum absolute atomic E-state index is 12.4. The smallest absolute Gasteiger partial charge is 0.407 e. The monoisotopic (exact) mass is 473 g/mol. The number of aromatic carboxylic acids is 1. The standard InChI is InChI=1S/C27H27N3O5/c1-27(2,13-24(31)30-17-11-12-23(25(32)33)28-14-17)16-29-26(34)35-15-22-20-9-5-3-7-18(20)19-8-4-6-10-21(19)22/h3-12,14,22H,13,15-16H2,1-2H3,(H,29,34)(H,30,31)(H,32,33). The van der Waals surface area contributed by atoms with Crippen LogP contribution in [0.1, 0.15) is 47.8 Å².